The molecule has 2 aromatic carbocycles. The number of halogens is 3. The van der Waals surface area contributed by atoms with Gasteiger partial charge in [0.05, 0.1) is 0 Å². The van der Waals surface area contributed by atoms with Gasteiger partial charge in [-0.05, 0) is 42.8 Å². The highest BCUT2D eigenvalue weighted by molar-refractivity contribution is 5.55. The molecule has 1 aromatic heterocycles. The molecule has 0 unspecified atom stereocenters. The molecule has 1 atom stereocenters. The lowest BCUT2D eigenvalue weighted by Gasteiger charge is -2.20. The molecule has 0 aliphatic carbocycles. The molecule has 1 aliphatic heterocycles. The summed E-state index contributed by atoms with van der Waals surface area (Å²) in [5, 5.41) is 7.77. The van der Waals surface area contributed by atoms with Crippen LogP contribution < -0.4 is 15.0 Å². The Labute approximate surface area is 169 Å². The standard InChI is InChI=1S/C20H16F3N3O4/c1-12-24-25-18(27-12)13-4-3-5-16(10-13)28-17-11-19(2,30-26-17)14-6-8-15(9-7-14)29-20(21,22)23/h3-11,26H,1-2H3/t19-/m0/s1. The third-order valence-corrected chi connectivity index (χ3v) is 4.27. The third kappa shape index (κ3) is 4.38. The highest BCUT2D eigenvalue weighted by Gasteiger charge is 2.34. The monoisotopic (exact) mass is 419 g/mol. The minimum Gasteiger partial charge on any atom is -0.439 e. The van der Waals surface area contributed by atoms with Crippen LogP contribution in [0.2, 0.25) is 0 Å². The topological polar surface area (TPSA) is 78.6 Å². The number of alkyl halides is 3. The largest absolute Gasteiger partial charge is 0.573 e. The van der Waals surface area contributed by atoms with Gasteiger partial charge in [-0.1, -0.05) is 18.2 Å². The molecule has 1 N–H and O–H groups in total. The minimum absolute atomic E-state index is 0.311. The molecular formula is C20H16F3N3O4. The number of aromatic nitrogens is 2. The first-order valence-corrected chi connectivity index (χ1v) is 8.82. The maximum Gasteiger partial charge on any atom is 0.573 e. The Hall–Kier alpha value is -3.53. The molecule has 156 valence electrons. The number of hydrogen-bond donors (Lipinski definition) is 1. The summed E-state index contributed by atoms with van der Waals surface area (Å²) in [6.07, 6.45) is -3.07. The molecule has 0 spiro atoms. The number of ether oxygens (including phenoxy) is 2. The number of aryl methyl sites for hydroxylation is 1. The maximum atomic E-state index is 12.3. The Bertz CT molecular complexity index is 1080. The number of nitrogens with zero attached hydrogens (tertiary/aromatic N) is 2. The van der Waals surface area contributed by atoms with Crippen molar-refractivity contribution in [2.24, 2.45) is 0 Å². The zero-order chi connectivity index (χ0) is 21.4. The van der Waals surface area contributed by atoms with Gasteiger partial charge < -0.3 is 13.9 Å². The first kappa shape index (κ1) is 19.8. The maximum absolute atomic E-state index is 12.3. The Morgan fingerprint density at radius 1 is 1.03 bits per heavy atom. The number of rotatable bonds is 5. The van der Waals surface area contributed by atoms with Crippen LogP contribution in [0.5, 0.6) is 11.5 Å². The van der Waals surface area contributed by atoms with Crippen molar-refractivity contribution in [2.75, 3.05) is 0 Å². The van der Waals surface area contributed by atoms with E-state index in [9.17, 15) is 13.2 Å². The van der Waals surface area contributed by atoms with Crippen LogP contribution in [-0.2, 0) is 10.4 Å². The van der Waals surface area contributed by atoms with Gasteiger partial charge in [-0.15, -0.1) is 23.4 Å². The van der Waals surface area contributed by atoms with Crippen molar-refractivity contribution in [1.29, 1.82) is 0 Å². The van der Waals surface area contributed by atoms with Crippen LogP contribution in [0.4, 0.5) is 13.2 Å². The lowest BCUT2D eigenvalue weighted by molar-refractivity contribution is -0.274. The molecule has 7 nitrogen and oxygen atoms in total. The van der Waals surface area contributed by atoms with E-state index in [2.05, 4.69) is 20.4 Å². The van der Waals surface area contributed by atoms with Gasteiger partial charge in [-0.2, -0.15) is 0 Å². The second-order valence-corrected chi connectivity index (χ2v) is 6.65. The zero-order valence-corrected chi connectivity index (χ0v) is 15.9. The Kier molecular flexibility index (Phi) is 4.86. The molecule has 0 saturated heterocycles. The van der Waals surface area contributed by atoms with Crippen LogP contribution in [0.15, 0.2) is 64.9 Å². The van der Waals surface area contributed by atoms with Crippen molar-refractivity contribution < 1.29 is 31.9 Å². The Balaban J connectivity index is 1.49. The predicted molar refractivity (Wildman–Crippen MR) is 97.9 cm³/mol. The molecule has 0 amide bonds. The highest BCUT2D eigenvalue weighted by atomic mass is 19.4. The van der Waals surface area contributed by atoms with E-state index < -0.39 is 12.0 Å². The first-order valence-electron chi connectivity index (χ1n) is 8.82. The second-order valence-electron chi connectivity index (χ2n) is 6.65. The van der Waals surface area contributed by atoms with Crippen LogP contribution in [0.3, 0.4) is 0 Å². The molecule has 0 radical (unpaired) electrons. The fourth-order valence-corrected chi connectivity index (χ4v) is 2.88. The first-order chi connectivity index (χ1) is 14.2. The summed E-state index contributed by atoms with van der Waals surface area (Å²) in [5.41, 5.74) is 3.04. The van der Waals surface area contributed by atoms with Crippen molar-refractivity contribution >= 4 is 0 Å². The number of nitrogens with one attached hydrogen (secondary N) is 1. The van der Waals surface area contributed by atoms with Crippen LogP contribution in [-0.4, -0.2) is 16.6 Å². The van der Waals surface area contributed by atoms with Crippen LogP contribution in [0.1, 0.15) is 18.4 Å². The van der Waals surface area contributed by atoms with E-state index in [4.69, 9.17) is 14.0 Å². The summed E-state index contributed by atoms with van der Waals surface area (Å²) >= 11 is 0. The average molecular weight is 419 g/mol. The van der Waals surface area contributed by atoms with Gasteiger partial charge in [0.2, 0.25) is 17.7 Å². The van der Waals surface area contributed by atoms with E-state index in [1.54, 1.807) is 38.1 Å². The Morgan fingerprint density at radius 2 is 1.80 bits per heavy atom. The van der Waals surface area contributed by atoms with E-state index in [0.717, 1.165) is 0 Å². The molecule has 1 aliphatic rings. The van der Waals surface area contributed by atoms with Gasteiger partial charge in [-0.3, -0.25) is 4.84 Å². The minimum atomic E-state index is -4.74. The van der Waals surface area contributed by atoms with Gasteiger partial charge in [-0.25, -0.2) is 5.48 Å². The van der Waals surface area contributed by atoms with Gasteiger partial charge >= 0.3 is 6.36 Å². The normalized spacial score (nSPS) is 18.6. The summed E-state index contributed by atoms with van der Waals surface area (Å²) in [7, 11) is 0. The number of benzene rings is 2. The summed E-state index contributed by atoms with van der Waals surface area (Å²) < 4.78 is 52.1. The smallest absolute Gasteiger partial charge is 0.439 e. The van der Waals surface area contributed by atoms with Crippen LogP contribution >= 0.6 is 0 Å². The van der Waals surface area contributed by atoms with E-state index in [1.807, 2.05) is 6.07 Å². The van der Waals surface area contributed by atoms with Crippen LogP contribution in [0, 0.1) is 6.92 Å². The van der Waals surface area contributed by atoms with Gasteiger partial charge in [0.15, 0.2) is 0 Å². The van der Waals surface area contributed by atoms with Gasteiger partial charge in [0.1, 0.15) is 17.1 Å². The SMILES string of the molecule is Cc1nnc(-c2cccc(OC3=C[C@@](C)(c4ccc(OC(F)(F)F)cc4)ON3)c2)o1. The third-order valence-electron chi connectivity index (χ3n) is 4.27. The molecule has 3 aromatic rings. The lowest BCUT2D eigenvalue weighted by Crippen LogP contribution is -2.23. The summed E-state index contributed by atoms with van der Waals surface area (Å²) in [6, 6.07) is 12.5. The van der Waals surface area contributed by atoms with E-state index in [-0.39, 0.29) is 5.75 Å². The summed E-state index contributed by atoms with van der Waals surface area (Å²) in [4.78, 5) is 5.60. The highest BCUT2D eigenvalue weighted by Crippen LogP contribution is 2.34. The molecule has 4 rings (SSSR count). The average Bonchev–Trinajstić information content (AvgIpc) is 3.28. The fourth-order valence-electron chi connectivity index (χ4n) is 2.88. The van der Waals surface area contributed by atoms with E-state index in [1.165, 1.54) is 24.3 Å². The molecule has 0 saturated carbocycles. The second kappa shape index (κ2) is 7.38. The molecular weight excluding hydrogens is 403 g/mol. The summed E-state index contributed by atoms with van der Waals surface area (Å²) in [5.74, 6) is 1.34. The zero-order valence-electron chi connectivity index (χ0n) is 15.9. The summed E-state index contributed by atoms with van der Waals surface area (Å²) in [6.45, 7) is 3.44. The van der Waals surface area contributed by atoms with Crippen molar-refractivity contribution in [3.8, 4) is 23.0 Å². The van der Waals surface area contributed by atoms with Gasteiger partial charge in [0.25, 0.3) is 0 Å². The lowest BCUT2D eigenvalue weighted by atomic mass is 9.96. The van der Waals surface area contributed by atoms with Gasteiger partial charge in [0, 0.05) is 18.6 Å². The molecule has 10 heteroatoms. The van der Waals surface area contributed by atoms with Crippen molar-refractivity contribution in [2.45, 2.75) is 25.8 Å². The Morgan fingerprint density at radius 3 is 2.47 bits per heavy atom. The number of hydrogen-bond acceptors (Lipinski definition) is 7. The molecule has 30 heavy (non-hydrogen) atoms. The van der Waals surface area contributed by atoms with Crippen molar-refractivity contribution in [3.05, 3.63) is 71.9 Å². The molecule has 2 heterocycles. The number of hydroxylamine groups is 1. The van der Waals surface area contributed by atoms with E-state index >= 15 is 0 Å². The fraction of sp³-hybridized carbons (Fsp3) is 0.200. The predicted octanol–water partition coefficient (Wildman–Crippen LogP) is 4.61. The molecule has 0 bridgehead atoms. The van der Waals surface area contributed by atoms with E-state index in [0.29, 0.717) is 34.5 Å². The quantitative estimate of drug-likeness (QED) is 0.647. The van der Waals surface area contributed by atoms with Crippen molar-refractivity contribution in [3.63, 3.8) is 0 Å². The molecule has 0 fully saturated rings. The van der Waals surface area contributed by atoms with Crippen molar-refractivity contribution in [1.82, 2.24) is 15.7 Å². The van der Waals surface area contributed by atoms with Crippen LogP contribution in [0.25, 0.3) is 11.5 Å².